The van der Waals surface area contributed by atoms with Crippen molar-refractivity contribution in [2.75, 3.05) is 31.3 Å². The summed E-state index contributed by atoms with van der Waals surface area (Å²) in [7, 11) is 1.41. The zero-order valence-electron chi connectivity index (χ0n) is 11.9. The van der Waals surface area contributed by atoms with E-state index in [0.717, 1.165) is 23.5 Å². The van der Waals surface area contributed by atoms with Crippen LogP contribution in [-0.2, 0) is 9.53 Å². The van der Waals surface area contributed by atoms with Crippen LogP contribution in [0, 0.1) is 6.92 Å². The third kappa shape index (κ3) is 4.02. The monoisotopic (exact) mass is 344 g/mol. The highest BCUT2D eigenvalue weighted by Gasteiger charge is 2.28. The highest BCUT2D eigenvalue weighted by atomic mass is 35.5. The van der Waals surface area contributed by atoms with E-state index in [2.05, 4.69) is 5.32 Å². The number of hydrogen-bond acceptors (Lipinski definition) is 4. The lowest BCUT2D eigenvalue weighted by atomic mass is 10.2. The first-order valence-electron chi connectivity index (χ1n) is 6.53. The van der Waals surface area contributed by atoms with E-state index in [4.69, 9.17) is 28.6 Å². The van der Waals surface area contributed by atoms with Crippen molar-refractivity contribution in [3.63, 3.8) is 0 Å². The molecule has 0 bridgehead atoms. The lowest BCUT2D eigenvalue weighted by Gasteiger charge is -2.33. The maximum atomic E-state index is 11.6. The van der Waals surface area contributed by atoms with Gasteiger partial charge in [-0.3, -0.25) is 4.79 Å². The van der Waals surface area contributed by atoms with Crippen molar-refractivity contribution in [1.29, 1.82) is 0 Å². The third-order valence-electron chi connectivity index (χ3n) is 3.33. The number of halogens is 1. The predicted molar refractivity (Wildman–Crippen MR) is 92.2 cm³/mol. The molecule has 1 aliphatic rings. The van der Waals surface area contributed by atoms with E-state index in [1.54, 1.807) is 11.8 Å². The number of nitrogens with one attached hydrogen (secondary N) is 1. The molecule has 0 radical (unpaired) electrons. The SMILES string of the molecule is COC(=O)[C@H]1CN(C(=S)Nc2cccc(Cl)c2C)CCS1. The summed E-state index contributed by atoms with van der Waals surface area (Å²) in [5.74, 6) is 0.641. The van der Waals surface area contributed by atoms with E-state index in [9.17, 15) is 4.79 Å². The summed E-state index contributed by atoms with van der Waals surface area (Å²) in [6, 6.07) is 5.66. The number of methoxy groups -OCH3 is 1. The number of carbonyl (C=O) groups excluding carboxylic acids is 1. The summed E-state index contributed by atoms with van der Waals surface area (Å²) in [6.45, 7) is 3.31. The van der Waals surface area contributed by atoms with Crippen molar-refractivity contribution in [3.05, 3.63) is 28.8 Å². The molecule has 1 N–H and O–H groups in total. The molecule has 1 saturated heterocycles. The second-order valence-corrected chi connectivity index (χ2v) is 6.78. The van der Waals surface area contributed by atoms with Gasteiger partial charge in [-0.25, -0.2) is 0 Å². The molecule has 1 aromatic rings. The lowest BCUT2D eigenvalue weighted by Crippen LogP contribution is -2.46. The maximum absolute atomic E-state index is 11.6. The standard InChI is InChI=1S/C14H17ClN2O2S2/c1-9-10(15)4-3-5-11(9)16-14(20)17-6-7-21-12(8-17)13(18)19-2/h3-5,12H,6-8H2,1-2H3,(H,16,20)/t12-/m1/s1. The highest BCUT2D eigenvalue weighted by molar-refractivity contribution is 8.00. The van der Waals surface area contributed by atoms with Crippen molar-refractivity contribution in [3.8, 4) is 0 Å². The van der Waals surface area contributed by atoms with Gasteiger partial charge in [-0.2, -0.15) is 0 Å². The number of thioether (sulfide) groups is 1. The van der Waals surface area contributed by atoms with Gasteiger partial charge in [0.05, 0.1) is 7.11 Å². The number of benzene rings is 1. The summed E-state index contributed by atoms with van der Waals surface area (Å²) in [5, 5.41) is 4.32. The smallest absolute Gasteiger partial charge is 0.320 e. The summed E-state index contributed by atoms with van der Waals surface area (Å²) in [5.41, 5.74) is 1.85. The quantitative estimate of drug-likeness (QED) is 0.657. The van der Waals surface area contributed by atoms with Crippen LogP contribution >= 0.6 is 35.6 Å². The van der Waals surface area contributed by atoms with Crippen LogP contribution in [0.1, 0.15) is 5.56 Å². The molecule has 0 spiro atoms. The summed E-state index contributed by atoms with van der Waals surface area (Å²) in [6.07, 6.45) is 0. The largest absolute Gasteiger partial charge is 0.468 e. The van der Waals surface area contributed by atoms with Gasteiger partial charge in [-0.05, 0) is 36.8 Å². The van der Waals surface area contributed by atoms with Crippen molar-refractivity contribution in [2.24, 2.45) is 0 Å². The van der Waals surface area contributed by atoms with Crippen LogP contribution in [-0.4, -0.2) is 47.2 Å². The molecule has 0 unspecified atom stereocenters. The number of rotatable bonds is 2. The number of ether oxygens (including phenoxy) is 1. The summed E-state index contributed by atoms with van der Waals surface area (Å²) < 4.78 is 4.80. The van der Waals surface area contributed by atoms with Crippen LogP contribution in [0.2, 0.25) is 5.02 Å². The Balaban J connectivity index is 2.03. The Labute approximate surface area is 139 Å². The summed E-state index contributed by atoms with van der Waals surface area (Å²) in [4.78, 5) is 13.6. The zero-order chi connectivity index (χ0) is 15.4. The Morgan fingerprint density at radius 3 is 3.05 bits per heavy atom. The first-order chi connectivity index (χ1) is 10.0. The number of thiocarbonyl (C=S) groups is 1. The molecule has 21 heavy (non-hydrogen) atoms. The fourth-order valence-electron chi connectivity index (χ4n) is 2.04. The first kappa shape index (κ1) is 16.4. The van der Waals surface area contributed by atoms with Crippen molar-refractivity contribution in [1.82, 2.24) is 4.90 Å². The van der Waals surface area contributed by atoms with Crippen LogP contribution in [0.3, 0.4) is 0 Å². The molecule has 0 aromatic heterocycles. The Kier molecular flexibility index (Phi) is 5.72. The molecule has 1 aliphatic heterocycles. The van der Waals surface area contributed by atoms with Gasteiger partial charge in [0.2, 0.25) is 0 Å². The Morgan fingerprint density at radius 1 is 1.57 bits per heavy atom. The van der Waals surface area contributed by atoms with Gasteiger partial charge >= 0.3 is 5.97 Å². The minimum absolute atomic E-state index is 0.191. The molecule has 1 aromatic carbocycles. The second-order valence-electron chi connectivity index (χ2n) is 4.67. The van der Waals surface area contributed by atoms with Gasteiger partial charge in [0.15, 0.2) is 5.11 Å². The highest BCUT2D eigenvalue weighted by Crippen LogP contribution is 2.24. The fraction of sp³-hybridized carbons (Fsp3) is 0.429. The molecule has 7 heteroatoms. The maximum Gasteiger partial charge on any atom is 0.320 e. The third-order valence-corrected chi connectivity index (χ3v) is 5.26. The van der Waals surface area contributed by atoms with Gasteiger partial charge in [-0.15, -0.1) is 11.8 Å². The van der Waals surface area contributed by atoms with Gasteiger partial charge in [0.1, 0.15) is 5.25 Å². The summed E-state index contributed by atoms with van der Waals surface area (Å²) >= 11 is 13.2. The van der Waals surface area contributed by atoms with Gasteiger partial charge < -0.3 is 15.0 Å². The average Bonchev–Trinajstić information content (AvgIpc) is 2.51. The predicted octanol–water partition coefficient (Wildman–Crippen LogP) is 2.94. The molecule has 4 nitrogen and oxygen atoms in total. The Hall–Kier alpha value is -0.980. The van der Waals surface area contributed by atoms with Crippen molar-refractivity contribution < 1.29 is 9.53 Å². The van der Waals surface area contributed by atoms with Gasteiger partial charge in [0.25, 0.3) is 0 Å². The van der Waals surface area contributed by atoms with Gasteiger partial charge in [-0.1, -0.05) is 17.7 Å². The minimum Gasteiger partial charge on any atom is -0.468 e. The molecular formula is C14H17ClN2O2S2. The normalized spacial score (nSPS) is 18.2. The van der Waals surface area contributed by atoms with E-state index in [1.165, 1.54) is 7.11 Å². The Bertz CT molecular complexity index is 554. The van der Waals surface area contributed by atoms with E-state index >= 15 is 0 Å². The molecule has 1 atom stereocenters. The average molecular weight is 345 g/mol. The van der Waals surface area contributed by atoms with E-state index in [0.29, 0.717) is 16.7 Å². The molecule has 114 valence electrons. The number of hydrogen-bond donors (Lipinski definition) is 1. The molecular weight excluding hydrogens is 328 g/mol. The topological polar surface area (TPSA) is 41.6 Å². The van der Waals surface area contributed by atoms with E-state index < -0.39 is 0 Å². The Morgan fingerprint density at radius 2 is 2.33 bits per heavy atom. The molecule has 0 saturated carbocycles. The fourth-order valence-corrected chi connectivity index (χ4v) is 3.62. The van der Waals surface area contributed by atoms with E-state index in [1.807, 2.05) is 30.0 Å². The molecule has 1 fully saturated rings. The zero-order valence-corrected chi connectivity index (χ0v) is 14.3. The van der Waals surface area contributed by atoms with Crippen LogP contribution in [0.15, 0.2) is 18.2 Å². The van der Waals surface area contributed by atoms with Crippen LogP contribution < -0.4 is 5.32 Å². The molecule has 0 amide bonds. The van der Waals surface area contributed by atoms with E-state index in [-0.39, 0.29) is 11.2 Å². The van der Waals surface area contributed by atoms with Crippen LogP contribution in [0.25, 0.3) is 0 Å². The minimum atomic E-state index is -0.202. The number of esters is 1. The molecule has 1 heterocycles. The van der Waals surface area contributed by atoms with Crippen molar-refractivity contribution >= 4 is 52.3 Å². The first-order valence-corrected chi connectivity index (χ1v) is 8.37. The van der Waals surface area contributed by atoms with Crippen LogP contribution in [0.5, 0.6) is 0 Å². The number of carbonyl (C=O) groups is 1. The second kappa shape index (κ2) is 7.33. The van der Waals surface area contributed by atoms with Crippen LogP contribution in [0.4, 0.5) is 5.69 Å². The number of nitrogens with zero attached hydrogens (tertiary/aromatic N) is 1. The lowest BCUT2D eigenvalue weighted by molar-refractivity contribution is -0.140. The number of anilines is 1. The van der Waals surface area contributed by atoms with Gasteiger partial charge in [0, 0.05) is 29.6 Å². The molecule has 0 aliphatic carbocycles. The van der Waals surface area contributed by atoms with Crippen molar-refractivity contribution in [2.45, 2.75) is 12.2 Å². The molecule has 2 rings (SSSR count).